The summed E-state index contributed by atoms with van der Waals surface area (Å²) in [5.41, 5.74) is 3.12. The van der Waals surface area contributed by atoms with Crippen molar-refractivity contribution in [1.29, 1.82) is 0 Å². The molecule has 17 heavy (non-hydrogen) atoms. The number of benzene rings is 1. The van der Waals surface area contributed by atoms with E-state index in [1.165, 1.54) is 10.9 Å². The Kier molecular flexibility index (Phi) is 3.75. The Hall–Kier alpha value is -0.201. The average Bonchev–Trinajstić information content (AvgIpc) is 2.56. The molecule has 2 rings (SSSR count). The molecule has 0 aliphatic heterocycles. The molecule has 0 saturated heterocycles. The topological polar surface area (TPSA) is 0 Å². The molecule has 0 radical (unpaired) electrons. The average molecular weight is 351 g/mol. The molecule has 2 aromatic rings. The van der Waals surface area contributed by atoms with E-state index in [2.05, 4.69) is 64.8 Å². The third-order valence-corrected chi connectivity index (χ3v) is 17.3. The van der Waals surface area contributed by atoms with Crippen LogP contribution in [0, 0.1) is 13.8 Å². The first kappa shape index (κ1) is 13.2. The van der Waals surface area contributed by atoms with Crippen LogP contribution in [0.1, 0.15) is 11.1 Å². The molecule has 0 N–H and O–H groups in total. The molecule has 1 aromatic heterocycles. The monoisotopic (exact) mass is 352 g/mol. The first-order valence-corrected chi connectivity index (χ1v) is 17.6. The predicted molar refractivity (Wildman–Crippen MR) is 82.9 cm³/mol. The van der Waals surface area contributed by atoms with Gasteiger partial charge in [0.1, 0.15) is 0 Å². The molecule has 0 amide bonds. The van der Waals surface area contributed by atoms with E-state index >= 15 is 0 Å². The van der Waals surface area contributed by atoms with E-state index < -0.39 is 18.4 Å². The second-order valence-electron chi connectivity index (χ2n) is 5.74. The van der Waals surface area contributed by atoms with E-state index in [9.17, 15) is 0 Å². The van der Waals surface area contributed by atoms with Gasteiger partial charge < -0.3 is 0 Å². The molecule has 1 unspecified atom stereocenters. The van der Waals surface area contributed by atoms with Crippen LogP contribution in [-0.2, 0) is 0 Å². The van der Waals surface area contributed by atoms with Gasteiger partial charge in [0.2, 0.25) is 0 Å². The fourth-order valence-corrected chi connectivity index (χ4v) is 16.9. The Morgan fingerprint density at radius 1 is 0.941 bits per heavy atom. The molecule has 1 aromatic carbocycles. The second kappa shape index (κ2) is 4.82. The normalized spacial score (nSPS) is 12.9. The summed E-state index contributed by atoms with van der Waals surface area (Å²) in [6, 6.07) is 11.0. The van der Waals surface area contributed by atoms with Gasteiger partial charge in [-0.15, -0.1) is 0 Å². The minimum atomic E-state index is -1.98. The Bertz CT molecular complexity index is 518. The molecule has 0 saturated carbocycles. The van der Waals surface area contributed by atoms with E-state index in [1.807, 2.05) is 3.31 Å². The Morgan fingerprint density at radius 2 is 1.53 bits per heavy atom. The quantitative estimate of drug-likeness (QED) is 0.681. The van der Waals surface area contributed by atoms with E-state index in [4.69, 9.17) is 0 Å². The maximum atomic E-state index is 2.54. The van der Waals surface area contributed by atoms with Gasteiger partial charge in [-0.3, -0.25) is 0 Å². The zero-order valence-electron chi connectivity index (χ0n) is 11.4. The first-order chi connectivity index (χ1) is 7.91. The van der Waals surface area contributed by atoms with Gasteiger partial charge in [-0.1, -0.05) is 0 Å². The van der Waals surface area contributed by atoms with Crippen LogP contribution in [0.25, 0.3) is 5.30 Å². The van der Waals surface area contributed by atoms with Crippen molar-refractivity contribution in [3.63, 3.8) is 0 Å². The summed E-state index contributed by atoms with van der Waals surface area (Å²) in [4.78, 5) is 7.62. The maximum absolute atomic E-state index is 2.54. The van der Waals surface area contributed by atoms with Gasteiger partial charge in [0, 0.05) is 0 Å². The van der Waals surface area contributed by atoms with Crippen LogP contribution < -0.4 is 3.31 Å². The summed E-state index contributed by atoms with van der Waals surface area (Å²) in [6.07, 6.45) is 0. The van der Waals surface area contributed by atoms with Crippen molar-refractivity contribution >= 4 is 29.2 Å². The molecule has 90 valence electrons. The van der Waals surface area contributed by atoms with Crippen molar-refractivity contribution in [3.8, 4) is 5.30 Å². The molecule has 0 bridgehead atoms. The molecule has 2 heteroatoms. The van der Waals surface area contributed by atoms with Crippen LogP contribution in [0.4, 0.5) is 0 Å². The fourth-order valence-electron chi connectivity index (χ4n) is 2.44. The number of rotatable bonds is 2. The summed E-state index contributed by atoms with van der Waals surface area (Å²) >= 11 is -1.98. The summed E-state index contributed by atoms with van der Waals surface area (Å²) < 4.78 is 1.85. The molecule has 0 nitrogen and oxygen atoms in total. The van der Waals surface area contributed by atoms with E-state index in [-0.39, 0.29) is 7.53 Å². The van der Waals surface area contributed by atoms with Crippen LogP contribution in [0.2, 0.25) is 14.8 Å². The van der Waals surface area contributed by atoms with Crippen molar-refractivity contribution in [3.05, 3.63) is 47.3 Å². The Balaban J connectivity index is 2.67. The third-order valence-electron chi connectivity index (χ3n) is 3.26. The van der Waals surface area contributed by atoms with Gasteiger partial charge in [0.15, 0.2) is 0 Å². The SMILES string of the molecule is Cc1cp(-c2ccccc2)[c]([Sn]([CH3])([CH3])[CH3])c1C. The summed E-state index contributed by atoms with van der Waals surface area (Å²) in [5, 5.41) is 1.53. The second-order valence-corrected chi connectivity index (χ2v) is 23.2. The summed E-state index contributed by atoms with van der Waals surface area (Å²) in [5.74, 6) is 2.53. The molecular weight excluding hydrogens is 330 g/mol. The van der Waals surface area contributed by atoms with Crippen LogP contribution in [0.5, 0.6) is 0 Å². The summed E-state index contributed by atoms with van der Waals surface area (Å²) in [7, 11) is -0.159. The molecule has 1 atom stereocenters. The molecule has 0 spiro atoms. The standard InChI is InChI=1S/C12H12P.3CH3.Sn/c1-10-8-13(9-11(10)2)12-6-4-3-5-7-12;;;;/h3-8H,1-2H3;3*1H3;. The van der Waals surface area contributed by atoms with Crippen molar-refractivity contribution in [2.24, 2.45) is 0 Å². The van der Waals surface area contributed by atoms with Gasteiger partial charge in [0.25, 0.3) is 0 Å². The zero-order chi connectivity index (χ0) is 12.6. The van der Waals surface area contributed by atoms with Crippen LogP contribution in [0.15, 0.2) is 36.1 Å². The van der Waals surface area contributed by atoms with Crippen LogP contribution >= 0.6 is 7.53 Å². The van der Waals surface area contributed by atoms with E-state index in [0.717, 1.165) is 0 Å². The fraction of sp³-hybridized carbons (Fsp3) is 0.333. The Morgan fingerprint density at radius 3 is 2.06 bits per heavy atom. The molecular formula is C15H21PSn. The van der Waals surface area contributed by atoms with Crippen LogP contribution in [0.3, 0.4) is 0 Å². The predicted octanol–water partition coefficient (Wildman–Crippen LogP) is 4.82. The van der Waals surface area contributed by atoms with Crippen molar-refractivity contribution in [2.45, 2.75) is 28.7 Å². The van der Waals surface area contributed by atoms with Gasteiger partial charge in [0.05, 0.1) is 0 Å². The number of hydrogen-bond donors (Lipinski definition) is 0. The van der Waals surface area contributed by atoms with Crippen LogP contribution in [-0.4, -0.2) is 18.4 Å². The van der Waals surface area contributed by atoms with E-state index in [1.54, 1.807) is 5.56 Å². The van der Waals surface area contributed by atoms with Crippen molar-refractivity contribution in [2.75, 3.05) is 0 Å². The van der Waals surface area contributed by atoms with Gasteiger partial charge in [-0.2, -0.15) is 0 Å². The minimum absolute atomic E-state index is 0.159. The van der Waals surface area contributed by atoms with Crippen molar-refractivity contribution < 1.29 is 0 Å². The number of aryl methyl sites for hydroxylation is 1. The molecule has 0 fully saturated rings. The van der Waals surface area contributed by atoms with Crippen molar-refractivity contribution in [1.82, 2.24) is 0 Å². The van der Waals surface area contributed by atoms with Gasteiger partial charge in [-0.25, -0.2) is 0 Å². The Labute approximate surface area is 110 Å². The third kappa shape index (κ3) is 2.63. The summed E-state index contributed by atoms with van der Waals surface area (Å²) in [6.45, 7) is 4.60. The molecule has 0 aliphatic rings. The van der Waals surface area contributed by atoms with E-state index in [0.29, 0.717) is 0 Å². The first-order valence-electron chi connectivity index (χ1n) is 6.15. The number of hydrogen-bond acceptors (Lipinski definition) is 0. The zero-order valence-corrected chi connectivity index (χ0v) is 15.2. The van der Waals surface area contributed by atoms with Gasteiger partial charge in [-0.05, 0) is 0 Å². The molecule has 0 aliphatic carbocycles. The van der Waals surface area contributed by atoms with Gasteiger partial charge >= 0.3 is 110 Å². The molecule has 1 heterocycles.